The number of hydrogen-bond donors (Lipinski definition) is 1. The second kappa shape index (κ2) is 7.93. The number of aryl methyl sites for hydroxylation is 1. The quantitative estimate of drug-likeness (QED) is 0.559. The molecule has 0 aliphatic rings. The van der Waals surface area contributed by atoms with E-state index in [0.29, 0.717) is 5.75 Å². The summed E-state index contributed by atoms with van der Waals surface area (Å²) in [5.41, 5.74) is 3.26. The van der Waals surface area contributed by atoms with E-state index >= 15 is 0 Å². The van der Waals surface area contributed by atoms with Gasteiger partial charge in [-0.1, -0.05) is 59.2 Å². The Morgan fingerprint density at radius 1 is 0.789 bits per heavy atom. The van der Waals surface area contributed by atoms with E-state index in [9.17, 15) is 5.11 Å². The second-order valence-corrected chi connectivity index (χ2v) is 6.71. The molecule has 0 heterocycles. The maximum atomic E-state index is 10.4. The molecule has 19 heavy (non-hydrogen) atoms. The molecular formula is C15H24Cl2OTi. The van der Waals surface area contributed by atoms with Crippen LogP contribution in [0.5, 0.6) is 5.75 Å². The minimum absolute atomic E-state index is 0. The van der Waals surface area contributed by atoms with Crippen molar-refractivity contribution < 1.29 is 51.6 Å². The van der Waals surface area contributed by atoms with E-state index < -0.39 is 0 Å². The molecule has 0 aliphatic carbocycles. The number of halogens is 2. The molecule has 1 aromatic carbocycles. The standard InChI is InChI=1S/C15H24O.2ClH.Ti/c1-10-8-11(14(2,3)4)13(16)12(9-10)15(5,6)7;;;/h8-9,16H,1-7H3;2*1H;/q;;;+2/p-2. The summed E-state index contributed by atoms with van der Waals surface area (Å²) in [6.07, 6.45) is 0. The zero-order chi connectivity index (χ0) is 12.7. The van der Waals surface area contributed by atoms with Gasteiger partial charge in [0.05, 0.1) is 0 Å². The number of benzene rings is 1. The van der Waals surface area contributed by atoms with Crippen molar-refractivity contribution in [3.63, 3.8) is 0 Å². The molecule has 0 spiro atoms. The molecule has 0 amide bonds. The average Bonchev–Trinajstić information content (AvgIpc) is 2.04. The van der Waals surface area contributed by atoms with Gasteiger partial charge in [-0.2, -0.15) is 0 Å². The van der Waals surface area contributed by atoms with Crippen LogP contribution in [0.2, 0.25) is 0 Å². The van der Waals surface area contributed by atoms with Crippen LogP contribution in [-0.4, -0.2) is 5.11 Å². The van der Waals surface area contributed by atoms with Gasteiger partial charge in [0.1, 0.15) is 5.75 Å². The SMILES string of the molecule is Cc1cc(C(C)(C)C)c(O)c(C(C)(C)C)c1.[Cl-].[Cl-].[Ti+2]. The zero-order valence-electron chi connectivity index (χ0n) is 12.9. The van der Waals surface area contributed by atoms with Gasteiger partial charge in [-0.25, -0.2) is 0 Å². The Morgan fingerprint density at radius 3 is 1.26 bits per heavy atom. The van der Waals surface area contributed by atoms with E-state index in [1.165, 1.54) is 5.56 Å². The fourth-order valence-electron chi connectivity index (χ4n) is 1.92. The first kappa shape index (κ1) is 24.3. The van der Waals surface area contributed by atoms with Crippen molar-refractivity contribution in [2.75, 3.05) is 0 Å². The molecular weight excluding hydrogens is 315 g/mol. The Morgan fingerprint density at radius 2 is 1.05 bits per heavy atom. The summed E-state index contributed by atoms with van der Waals surface area (Å²) in [6.45, 7) is 14.9. The van der Waals surface area contributed by atoms with Gasteiger partial charge in [-0.15, -0.1) is 0 Å². The predicted molar refractivity (Wildman–Crippen MR) is 70.2 cm³/mol. The summed E-state index contributed by atoms with van der Waals surface area (Å²) in [5, 5.41) is 10.4. The van der Waals surface area contributed by atoms with Gasteiger partial charge in [0.2, 0.25) is 0 Å². The molecule has 0 atom stereocenters. The second-order valence-electron chi connectivity index (χ2n) is 6.71. The van der Waals surface area contributed by atoms with Gasteiger partial charge in [0.25, 0.3) is 0 Å². The maximum absolute atomic E-state index is 10.4. The van der Waals surface area contributed by atoms with Crippen LogP contribution in [0.1, 0.15) is 58.2 Å². The summed E-state index contributed by atoms with van der Waals surface area (Å²) in [5.74, 6) is 0.464. The third kappa shape index (κ3) is 6.08. The first-order chi connectivity index (χ1) is 7.03. The number of phenolic OH excluding ortho intramolecular Hbond substituents is 1. The molecule has 1 rings (SSSR count). The molecule has 0 fully saturated rings. The molecule has 4 heteroatoms. The predicted octanol–water partition coefficient (Wildman–Crippen LogP) is -1.70. The molecule has 0 radical (unpaired) electrons. The van der Waals surface area contributed by atoms with Gasteiger partial charge in [0, 0.05) is 0 Å². The topological polar surface area (TPSA) is 20.2 Å². The Balaban J connectivity index is -0.000000853. The summed E-state index contributed by atoms with van der Waals surface area (Å²) in [4.78, 5) is 0. The van der Waals surface area contributed by atoms with Crippen molar-refractivity contribution in [3.05, 3.63) is 28.8 Å². The van der Waals surface area contributed by atoms with E-state index in [1.807, 2.05) is 0 Å². The van der Waals surface area contributed by atoms with Crippen molar-refractivity contribution in [3.8, 4) is 5.75 Å². The van der Waals surface area contributed by atoms with Crippen LogP contribution in [0, 0.1) is 6.92 Å². The van der Waals surface area contributed by atoms with Gasteiger partial charge < -0.3 is 29.9 Å². The minimum atomic E-state index is -0.0178. The Kier molecular flexibility index (Phi) is 10.2. The van der Waals surface area contributed by atoms with E-state index in [-0.39, 0.29) is 57.4 Å². The fourth-order valence-corrected chi connectivity index (χ4v) is 1.92. The summed E-state index contributed by atoms with van der Waals surface area (Å²) >= 11 is 0. The molecule has 1 N–H and O–H groups in total. The number of aromatic hydroxyl groups is 1. The molecule has 0 saturated heterocycles. The van der Waals surface area contributed by atoms with E-state index in [1.54, 1.807) is 0 Å². The third-order valence-corrected chi connectivity index (χ3v) is 2.87. The number of hydrogen-bond acceptors (Lipinski definition) is 1. The van der Waals surface area contributed by atoms with Crippen LogP contribution >= 0.6 is 0 Å². The van der Waals surface area contributed by atoms with Crippen molar-refractivity contribution in [2.24, 2.45) is 0 Å². The summed E-state index contributed by atoms with van der Waals surface area (Å²) < 4.78 is 0. The van der Waals surface area contributed by atoms with Crippen LogP contribution in [0.15, 0.2) is 12.1 Å². The molecule has 108 valence electrons. The van der Waals surface area contributed by atoms with Crippen LogP contribution in [0.4, 0.5) is 0 Å². The van der Waals surface area contributed by atoms with Gasteiger partial charge in [-0.05, 0) is 28.9 Å². The number of phenols is 1. The molecule has 0 saturated carbocycles. The average molecular weight is 339 g/mol. The molecule has 1 nitrogen and oxygen atoms in total. The molecule has 1 aromatic rings. The first-order valence-electron chi connectivity index (χ1n) is 5.88. The molecule has 0 bridgehead atoms. The molecule has 0 aliphatic heterocycles. The molecule has 0 unspecified atom stereocenters. The Labute approximate surface area is 145 Å². The Hall–Kier alpha value is 0.314. The van der Waals surface area contributed by atoms with E-state index in [0.717, 1.165) is 11.1 Å². The van der Waals surface area contributed by atoms with Gasteiger partial charge >= 0.3 is 21.7 Å². The van der Waals surface area contributed by atoms with E-state index in [4.69, 9.17) is 0 Å². The smallest absolute Gasteiger partial charge is 1.00 e. The van der Waals surface area contributed by atoms with Crippen LogP contribution in [-0.2, 0) is 32.5 Å². The largest absolute Gasteiger partial charge is 2.00 e. The van der Waals surface area contributed by atoms with Crippen LogP contribution in [0.25, 0.3) is 0 Å². The van der Waals surface area contributed by atoms with Crippen molar-refractivity contribution >= 4 is 0 Å². The van der Waals surface area contributed by atoms with Crippen molar-refractivity contribution in [2.45, 2.75) is 59.3 Å². The third-order valence-electron chi connectivity index (χ3n) is 2.87. The van der Waals surface area contributed by atoms with Gasteiger partial charge in [-0.3, -0.25) is 0 Å². The minimum Gasteiger partial charge on any atom is -1.00 e. The van der Waals surface area contributed by atoms with E-state index in [2.05, 4.69) is 60.6 Å². The normalized spacial score (nSPS) is 10.9. The first-order valence-corrected chi connectivity index (χ1v) is 5.88. The van der Waals surface area contributed by atoms with Crippen LogP contribution in [0.3, 0.4) is 0 Å². The zero-order valence-corrected chi connectivity index (χ0v) is 15.9. The van der Waals surface area contributed by atoms with Crippen molar-refractivity contribution in [1.29, 1.82) is 0 Å². The monoisotopic (exact) mass is 338 g/mol. The number of rotatable bonds is 0. The fraction of sp³-hybridized carbons (Fsp3) is 0.600. The van der Waals surface area contributed by atoms with Gasteiger partial charge in [0.15, 0.2) is 0 Å². The maximum Gasteiger partial charge on any atom is 2.00 e. The summed E-state index contributed by atoms with van der Waals surface area (Å²) in [6, 6.07) is 4.18. The Bertz CT molecular complexity index is 369. The molecule has 0 aromatic heterocycles. The summed E-state index contributed by atoms with van der Waals surface area (Å²) in [7, 11) is 0. The van der Waals surface area contributed by atoms with Crippen molar-refractivity contribution in [1.82, 2.24) is 0 Å². The van der Waals surface area contributed by atoms with Crippen LogP contribution < -0.4 is 24.8 Å².